The van der Waals surface area contributed by atoms with E-state index in [9.17, 15) is 5.11 Å². The molecule has 1 fully saturated rings. The van der Waals surface area contributed by atoms with Gasteiger partial charge in [-0.25, -0.2) is 0 Å². The second-order valence-electron chi connectivity index (χ2n) is 6.47. The zero-order valence-corrected chi connectivity index (χ0v) is 19.0. The van der Waals surface area contributed by atoms with E-state index < -0.39 is 0 Å². The maximum Gasteiger partial charge on any atom is 0.266 e. The SMILES string of the molecule is C/C=C\C(=C/CC)NC(=S)Oc1ccc(OCCN2CCC(O)CC2)cc1.CC. The fraction of sp³-hybridized carbons (Fsp3) is 0.522. The van der Waals surface area contributed by atoms with Crippen molar-refractivity contribution >= 4 is 17.4 Å². The maximum atomic E-state index is 9.53. The second-order valence-corrected chi connectivity index (χ2v) is 6.85. The van der Waals surface area contributed by atoms with Gasteiger partial charge in [-0.05, 0) is 68.7 Å². The van der Waals surface area contributed by atoms with Crippen LogP contribution in [0.3, 0.4) is 0 Å². The maximum absolute atomic E-state index is 9.53. The average Bonchev–Trinajstić information content (AvgIpc) is 2.72. The van der Waals surface area contributed by atoms with Crippen LogP contribution in [0.1, 0.15) is 47.0 Å². The highest BCUT2D eigenvalue weighted by molar-refractivity contribution is 7.80. The number of piperidine rings is 1. The van der Waals surface area contributed by atoms with E-state index in [1.807, 2.05) is 57.2 Å². The van der Waals surface area contributed by atoms with Gasteiger partial charge in [0, 0.05) is 25.3 Å². The summed E-state index contributed by atoms with van der Waals surface area (Å²) in [5, 5.41) is 12.9. The molecule has 0 aromatic heterocycles. The molecule has 0 amide bonds. The lowest BCUT2D eigenvalue weighted by Crippen LogP contribution is -2.38. The Balaban J connectivity index is 0.00000204. The summed E-state index contributed by atoms with van der Waals surface area (Å²) in [6.45, 7) is 11.4. The van der Waals surface area contributed by atoms with Crippen LogP contribution in [0.15, 0.2) is 48.2 Å². The van der Waals surface area contributed by atoms with E-state index in [0.717, 1.165) is 50.3 Å². The van der Waals surface area contributed by atoms with E-state index in [1.54, 1.807) is 0 Å². The Kier molecular flexibility index (Phi) is 13.0. The van der Waals surface area contributed by atoms with Crippen LogP contribution in [0.2, 0.25) is 0 Å². The van der Waals surface area contributed by atoms with Crippen molar-refractivity contribution in [2.75, 3.05) is 26.2 Å². The Morgan fingerprint density at radius 2 is 1.83 bits per heavy atom. The number of nitrogens with one attached hydrogen (secondary N) is 1. The minimum Gasteiger partial charge on any atom is -0.492 e. The number of aliphatic hydroxyl groups excluding tert-OH is 1. The van der Waals surface area contributed by atoms with Crippen molar-refractivity contribution in [3.05, 3.63) is 48.2 Å². The molecule has 1 heterocycles. The molecule has 2 rings (SSSR count). The zero-order valence-electron chi connectivity index (χ0n) is 18.2. The number of benzene rings is 1. The highest BCUT2D eigenvalue weighted by atomic mass is 32.1. The standard InChI is InChI=1S/C21H30N2O3S.C2H6/c1-3-5-17(6-4-2)22-21(27)26-20-9-7-19(8-10-20)25-16-15-23-13-11-18(24)12-14-23;1-2/h3,5-10,18,24H,4,11-16H2,1-2H3,(H,22,27);1-2H3/b5-3-,17-6+;. The summed E-state index contributed by atoms with van der Waals surface area (Å²) in [4.78, 5) is 2.32. The Bertz CT molecular complexity index is 636. The molecule has 0 radical (unpaired) electrons. The molecule has 162 valence electrons. The highest BCUT2D eigenvalue weighted by Crippen LogP contribution is 2.18. The van der Waals surface area contributed by atoms with Gasteiger partial charge in [-0.15, -0.1) is 0 Å². The first-order chi connectivity index (χ1) is 14.1. The lowest BCUT2D eigenvalue weighted by atomic mass is 10.1. The minimum absolute atomic E-state index is 0.137. The number of hydrogen-bond acceptors (Lipinski definition) is 5. The quantitative estimate of drug-likeness (QED) is 0.471. The van der Waals surface area contributed by atoms with E-state index >= 15 is 0 Å². The number of hydrogen-bond donors (Lipinski definition) is 2. The first kappa shape index (κ1) is 25.1. The third-order valence-electron chi connectivity index (χ3n) is 4.28. The van der Waals surface area contributed by atoms with Crippen LogP contribution in [-0.4, -0.2) is 47.5 Å². The van der Waals surface area contributed by atoms with E-state index in [2.05, 4.69) is 23.2 Å². The van der Waals surface area contributed by atoms with Crippen LogP contribution in [-0.2, 0) is 0 Å². The molecule has 29 heavy (non-hydrogen) atoms. The zero-order chi connectivity index (χ0) is 21.5. The molecule has 0 saturated carbocycles. The lowest BCUT2D eigenvalue weighted by Gasteiger charge is -2.29. The Hall–Kier alpha value is -1.89. The number of ether oxygens (including phenoxy) is 2. The molecular weight excluding hydrogens is 384 g/mol. The Morgan fingerprint density at radius 3 is 2.41 bits per heavy atom. The van der Waals surface area contributed by atoms with Gasteiger partial charge in [-0.2, -0.15) is 0 Å². The van der Waals surface area contributed by atoms with E-state index in [4.69, 9.17) is 21.7 Å². The van der Waals surface area contributed by atoms with Gasteiger partial charge in [0.15, 0.2) is 0 Å². The van der Waals surface area contributed by atoms with Gasteiger partial charge in [0.05, 0.1) is 6.10 Å². The van der Waals surface area contributed by atoms with Crippen LogP contribution in [0.4, 0.5) is 0 Å². The van der Waals surface area contributed by atoms with Crippen molar-refractivity contribution in [3.8, 4) is 11.5 Å². The van der Waals surface area contributed by atoms with Crippen molar-refractivity contribution in [2.24, 2.45) is 0 Å². The van der Waals surface area contributed by atoms with Crippen LogP contribution < -0.4 is 14.8 Å². The molecule has 6 heteroatoms. The number of allylic oxidation sites excluding steroid dienone is 3. The molecule has 1 saturated heterocycles. The summed E-state index contributed by atoms with van der Waals surface area (Å²) in [5.74, 6) is 1.47. The molecular formula is C23H36N2O3S. The van der Waals surface area contributed by atoms with Crippen molar-refractivity contribution in [1.29, 1.82) is 0 Å². The largest absolute Gasteiger partial charge is 0.492 e. The molecule has 5 nitrogen and oxygen atoms in total. The molecule has 0 bridgehead atoms. The third kappa shape index (κ3) is 10.5. The van der Waals surface area contributed by atoms with Gasteiger partial charge in [0.25, 0.3) is 5.17 Å². The Labute approximate surface area is 181 Å². The van der Waals surface area contributed by atoms with Crippen LogP contribution in [0, 0.1) is 0 Å². The number of rotatable bonds is 8. The normalized spacial score (nSPS) is 15.6. The third-order valence-corrected chi connectivity index (χ3v) is 4.47. The Morgan fingerprint density at radius 1 is 1.21 bits per heavy atom. The summed E-state index contributed by atoms with van der Waals surface area (Å²) >= 11 is 5.26. The van der Waals surface area contributed by atoms with Gasteiger partial charge < -0.3 is 19.9 Å². The topological polar surface area (TPSA) is 54.0 Å². The molecule has 0 atom stereocenters. The number of aliphatic hydroxyl groups is 1. The molecule has 2 N–H and O–H groups in total. The van der Waals surface area contributed by atoms with Crippen molar-refractivity contribution in [1.82, 2.24) is 10.2 Å². The van der Waals surface area contributed by atoms with Gasteiger partial charge in [-0.1, -0.05) is 32.9 Å². The fourth-order valence-electron chi connectivity index (χ4n) is 2.85. The van der Waals surface area contributed by atoms with E-state index in [1.165, 1.54) is 0 Å². The molecule has 0 spiro atoms. The summed E-state index contributed by atoms with van der Waals surface area (Å²) < 4.78 is 11.5. The smallest absolute Gasteiger partial charge is 0.266 e. The molecule has 0 unspecified atom stereocenters. The lowest BCUT2D eigenvalue weighted by molar-refractivity contribution is 0.0755. The van der Waals surface area contributed by atoms with Crippen LogP contribution in [0.25, 0.3) is 0 Å². The molecule has 1 aliphatic heterocycles. The predicted molar refractivity (Wildman–Crippen MR) is 125 cm³/mol. The fourth-order valence-corrected chi connectivity index (χ4v) is 3.06. The number of nitrogens with zero attached hydrogens (tertiary/aromatic N) is 1. The molecule has 0 aliphatic carbocycles. The number of thiocarbonyl (C=S) groups is 1. The summed E-state index contributed by atoms with van der Waals surface area (Å²) in [5.41, 5.74) is 0.926. The second kappa shape index (κ2) is 15.0. The first-order valence-corrected chi connectivity index (χ1v) is 11.0. The highest BCUT2D eigenvalue weighted by Gasteiger charge is 2.16. The van der Waals surface area contributed by atoms with Gasteiger partial charge >= 0.3 is 0 Å². The van der Waals surface area contributed by atoms with Crippen molar-refractivity contribution in [3.63, 3.8) is 0 Å². The van der Waals surface area contributed by atoms with Crippen LogP contribution >= 0.6 is 12.2 Å². The first-order valence-electron chi connectivity index (χ1n) is 10.6. The van der Waals surface area contributed by atoms with Gasteiger partial charge in [0.1, 0.15) is 18.1 Å². The summed E-state index contributed by atoms with van der Waals surface area (Å²) in [7, 11) is 0. The predicted octanol–water partition coefficient (Wildman–Crippen LogP) is 4.67. The van der Waals surface area contributed by atoms with Gasteiger partial charge in [-0.3, -0.25) is 4.90 Å². The summed E-state index contributed by atoms with van der Waals surface area (Å²) in [6.07, 6.45) is 8.44. The minimum atomic E-state index is -0.137. The molecule has 1 aromatic carbocycles. The van der Waals surface area contributed by atoms with Crippen molar-refractivity contribution in [2.45, 2.75) is 53.1 Å². The average molecular weight is 421 g/mol. The van der Waals surface area contributed by atoms with E-state index in [-0.39, 0.29) is 6.10 Å². The number of likely N-dealkylation sites (tertiary alicyclic amines) is 1. The van der Waals surface area contributed by atoms with Gasteiger partial charge in [0.2, 0.25) is 0 Å². The molecule has 1 aliphatic rings. The summed E-state index contributed by atoms with van der Waals surface area (Å²) in [6, 6.07) is 7.46. The van der Waals surface area contributed by atoms with E-state index in [0.29, 0.717) is 17.5 Å². The van der Waals surface area contributed by atoms with Crippen molar-refractivity contribution < 1.29 is 14.6 Å². The monoisotopic (exact) mass is 420 g/mol. The van der Waals surface area contributed by atoms with Crippen LogP contribution in [0.5, 0.6) is 11.5 Å². The molecule has 1 aromatic rings.